The molecule has 130 valence electrons. The molecule has 0 fully saturated rings. The molecular formula is C28H18. The highest BCUT2D eigenvalue weighted by atomic mass is 14.2. The first-order valence-corrected chi connectivity index (χ1v) is 9.71. The molecule has 0 heterocycles. The van der Waals surface area contributed by atoms with Crippen LogP contribution in [0.5, 0.6) is 0 Å². The minimum atomic E-state index is 1.28. The summed E-state index contributed by atoms with van der Waals surface area (Å²) in [5, 5.41) is 10.4. The van der Waals surface area contributed by atoms with Gasteiger partial charge in [-0.2, -0.15) is 0 Å². The lowest BCUT2D eigenvalue weighted by molar-refractivity contribution is 1.71. The van der Waals surface area contributed by atoms with Crippen LogP contribution in [0.15, 0.2) is 109 Å². The van der Waals surface area contributed by atoms with E-state index in [1.165, 1.54) is 54.2 Å². The highest BCUT2D eigenvalue weighted by molar-refractivity contribution is 6.24. The zero-order chi connectivity index (χ0) is 18.5. The average molecular weight is 354 g/mol. The maximum absolute atomic E-state index is 2.37. The summed E-state index contributed by atoms with van der Waals surface area (Å²) in [5.41, 5.74) is 2.60. The molecule has 6 rings (SSSR count). The summed E-state index contributed by atoms with van der Waals surface area (Å²) < 4.78 is 0. The number of benzene rings is 6. The number of hydrogen-bond donors (Lipinski definition) is 0. The molecule has 0 saturated heterocycles. The highest BCUT2D eigenvalue weighted by Gasteiger charge is 2.13. The van der Waals surface area contributed by atoms with Gasteiger partial charge in [0.1, 0.15) is 0 Å². The van der Waals surface area contributed by atoms with E-state index >= 15 is 0 Å². The van der Waals surface area contributed by atoms with Crippen molar-refractivity contribution in [3.05, 3.63) is 109 Å². The van der Waals surface area contributed by atoms with Gasteiger partial charge in [-0.1, -0.05) is 103 Å². The molecule has 0 aliphatic heterocycles. The lowest BCUT2D eigenvalue weighted by Crippen LogP contribution is -1.88. The van der Waals surface area contributed by atoms with E-state index in [0.717, 1.165) is 0 Å². The molecule has 0 aromatic heterocycles. The fourth-order valence-electron chi connectivity index (χ4n) is 4.55. The quantitative estimate of drug-likeness (QED) is 0.263. The van der Waals surface area contributed by atoms with E-state index < -0.39 is 0 Å². The molecule has 0 heteroatoms. The summed E-state index contributed by atoms with van der Waals surface area (Å²) >= 11 is 0. The predicted octanol–water partition coefficient (Wildman–Crippen LogP) is 7.97. The first-order valence-electron chi connectivity index (χ1n) is 9.71. The fraction of sp³-hybridized carbons (Fsp3) is 0. The largest absolute Gasteiger partial charge is 0.0616 e. The zero-order valence-electron chi connectivity index (χ0n) is 15.4. The molecular weight excluding hydrogens is 336 g/mol. The summed E-state index contributed by atoms with van der Waals surface area (Å²) in [5.74, 6) is 0. The van der Waals surface area contributed by atoms with Gasteiger partial charge in [-0.15, -0.1) is 0 Å². The SMILES string of the molecule is c1ccc2c(-c3cc4ccccc4c4ccc5ccccc5c34)cccc2c1. The van der Waals surface area contributed by atoms with Gasteiger partial charge in [-0.25, -0.2) is 0 Å². The monoisotopic (exact) mass is 354 g/mol. The summed E-state index contributed by atoms with van der Waals surface area (Å²) in [7, 11) is 0. The predicted molar refractivity (Wildman–Crippen MR) is 122 cm³/mol. The highest BCUT2D eigenvalue weighted by Crippen LogP contribution is 2.41. The van der Waals surface area contributed by atoms with Crippen molar-refractivity contribution in [2.24, 2.45) is 0 Å². The molecule has 6 aromatic rings. The fourth-order valence-corrected chi connectivity index (χ4v) is 4.55. The molecule has 0 unspecified atom stereocenters. The van der Waals surface area contributed by atoms with Crippen molar-refractivity contribution < 1.29 is 0 Å². The number of fused-ring (bicyclic) bond motifs is 6. The molecule has 0 N–H and O–H groups in total. The molecule has 6 aromatic carbocycles. The van der Waals surface area contributed by atoms with Gasteiger partial charge in [0.25, 0.3) is 0 Å². The van der Waals surface area contributed by atoms with Crippen LogP contribution < -0.4 is 0 Å². The van der Waals surface area contributed by atoms with Crippen LogP contribution in [0.1, 0.15) is 0 Å². The smallest absolute Gasteiger partial charge is 0.00201 e. The minimum Gasteiger partial charge on any atom is -0.0616 e. The Kier molecular flexibility index (Phi) is 3.27. The maximum atomic E-state index is 2.37. The Hall–Kier alpha value is -3.64. The summed E-state index contributed by atoms with van der Waals surface area (Å²) in [4.78, 5) is 0. The molecule has 0 aliphatic carbocycles. The van der Waals surface area contributed by atoms with Crippen molar-refractivity contribution >= 4 is 43.1 Å². The van der Waals surface area contributed by atoms with Gasteiger partial charge >= 0.3 is 0 Å². The van der Waals surface area contributed by atoms with Gasteiger partial charge < -0.3 is 0 Å². The van der Waals surface area contributed by atoms with Gasteiger partial charge in [0.05, 0.1) is 0 Å². The Labute approximate surface area is 163 Å². The first kappa shape index (κ1) is 15.4. The Morgan fingerprint density at radius 3 is 1.75 bits per heavy atom. The Bertz CT molecular complexity index is 1500. The van der Waals surface area contributed by atoms with Crippen molar-refractivity contribution in [1.82, 2.24) is 0 Å². The van der Waals surface area contributed by atoms with E-state index in [1.54, 1.807) is 0 Å². The van der Waals surface area contributed by atoms with E-state index in [9.17, 15) is 0 Å². The lowest BCUT2D eigenvalue weighted by atomic mass is 9.88. The van der Waals surface area contributed by atoms with E-state index in [1.807, 2.05) is 0 Å². The molecule has 0 nitrogen and oxygen atoms in total. The Morgan fingerprint density at radius 1 is 0.321 bits per heavy atom. The molecule has 0 radical (unpaired) electrons. The van der Waals surface area contributed by atoms with Crippen LogP contribution in [0, 0.1) is 0 Å². The van der Waals surface area contributed by atoms with Crippen LogP contribution in [0.2, 0.25) is 0 Å². The van der Waals surface area contributed by atoms with Crippen LogP contribution in [0.25, 0.3) is 54.2 Å². The molecule has 0 saturated carbocycles. The lowest BCUT2D eigenvalue weighted by Gasteiger charge is -2.15. The second-order valence-electron chi connectivity index (χ2n) is 7.38. The van der Waals surface area contributed by atoms with E-state index in [0.29, 0.717) is 0 Å². The summed E-state index contributed by atoms with van der Waals surface area (Å²) in [6.45, 7) is 0. The van der Waals surface area contributed by atoms with Crippen molar-refractivity contribution in [3.63, 3.8) is 0 Å². The summed E-state index contributed by atoms with van der Waals surface area (Å²) in [6.07, 6.45) is 0. The van der Waals surface area contributed by atoms with Crippen molar-refractivity contribution in [2.75, 3.05) is 0 Å². The zero-order valence-corrected chi connectivity index (χ0v) is 15.4. The standard InChI is InChI=1S/C28H18/c1-4-12-22-19(8-1)11-7-15-25(22)27-18-21-10-3-5-13-23(21)26-17-16-20-9-2-6-14-24(20)28(26)27/h1-18H. The van der Waals surface area contributed by atoms with Crippen LogP contribution in [-0.4, -0.2) is 0 Å². The number of rotatable bonds is 1. The third kappa shape index (κ3) is 2.18. The topological polar surface area (TPSA) is 0 Å². The Morgan fingerprint density at radius 2 is 0.929 bits per heavy atom. The molecule has 0 bridgehead atoms. The van der Waals surface area contributed by atoms with Gasteiger partial charge in [-0.05, 0) is 60.3 Å². The van der Waals surface area contributed by atoms with E-state index in [4.69, 9.17) is 0 Å². The Balaban J connectivity index is 1.89. The number of hydrogen-bond acceptors (Lipinski definition) is 0. The van der Waals surface area contributed by atoms with Crippen molar-refractivity contribution in [3.8, 4) is 11.1 Å². The first-order chi connectivity index (χ1) is 13.9. The molecule has 0 spiro atoms. The van der Waals surface area contributed by atoms with Gasteiger partial charge in [0, 0.05) is 0 Å². The molecule has 0 aliphatic rings. The summed E-state index contributed by atoms with van der Waals surface area (Å²) in [6, 6.07) is 39.6. The molecule has 0 amide bonds. The van der Waals surface area contributed by atoms with Gasteiger partial charge in [0.2, 0.25) is 0 Å². The van der Waals surface area contributed by atoms with Gasteiger partial charge in [-0.3, -0.25) is 0 Å². The third-order valence-electron chi connectivity index (χ3n) is 5.83. The average Bonchev–Trinajstić information content (AvgIpc) is 2.78. The van der Waals surface area contributed by atoms with Gasteiger partial charge in [0.15, 0.2) is 0 Å². The van der Waals surface area contributed by atoms with E-state index in [2.05, 4.69) is 109 Å². The second-order valence-corrected chi connectivity index (χ2v) is 7.38. The van der Waals surface area contributed by atoms with Crippen molar-refractivity contribution in [1.29, 1.82) is 0 Å². The van der Waals surface area contributed by atoms with Crippen LogP contribution in [-0.2, 0) is 0 Å². The van der Waals surface area contributed by atoms with Crippen LogP contribution in [0.3, 0.4) is 0 Å². The second kappa shape index (κ2) is 5.94. The van der Waals surface area contributed by atoms with Crippen LogP contribution >= 0.6 is 0 Å². The van der Waals surface area contributed by atoms with E-state index in [-0.39, 0.29) is 0 Å². The third-order valence-corrected chi connectivity index (χ3v) is 5.83. The maximum Gasteiger partial charge on any atom is -0.00201 e. The molecule has 28 heavy (non-hydrogen) atoms. The minimum absolute atomic E-state index is 1.28. The normalized spacial score (nSPS) is 11.6. The van der Waals surface area contributed by atoms with Crippen LogP contribution in [0.4, 0.5) is 0 Å². The molecule has 0 atom stereocenters. The van der Waals surface area contributed by atoms with Crippen molar-refractivity contribution in [2.45, 2.75) is 0 Å².